The highest BCUT2D eigenvalue weighted by Crippen LogP contribution is 2.66. The molecule has 36 heavy (non-hydrogen) atoms. The Morgan fingerprint density at radius 3 is 2.31 bits per heavy atom. The number of carbonyl (C=O) groups excluding carboxylic acids is 2. The molecule has 0 bridgehead atoms. The Morgan fingerprint density at radius 1 is 0.944 bits per heavy atom. The number of nitrogens with zero attached hydrogens (tertiary/aromatic N) is 3. The van der Waals surface area contributed by atoms with Crippen LogP contribution in [0.2, 0.25) is 0 Å². The van der Waals surface area contributed by atoms with Gasteiger partial charge in [-0.1, -0.05) is 102 Å². The van der Waals surface area contributed by atoms with Crippen molar-refractivity contribution >= 4 is 45.8 Å². The van der Waals surface area contributed by atoms with Crippen molar-refractivity contribution in [3.63, 3.8) is 0 Å². The maximum absolute atomic E-state index is 14.8. The fourth-order valence-electron chi connectivity index (χ4n) is 6.40. The summed E-state index contributed by atoms with van der Waals surface area (Å²) in [5.41, 5.74) is 3.69. The van der Waals surface area contributed by atoms with Crippen LogP contribution in [-0.2, 0) is 21.7 Å². The number of hydrogen-bond acceptors (Lipinski definition) is 5. The number of fused-ring (bicyclic) bond motifs is 3. The van der Waals surface area contributed by atoms with Crippen molar-refractivity contribution in [2.24, 2.45) is 0 Å². The SMILES string of the molecule is Cc1ccc2c(c1)C1(C(=O)N2C)N(C)CC(c2ccccc2)C12SC(=S)N(Cc1ccccc1)C2=O. The molecule has 2 fully saturated rings. The van der Waals surface area contributed by atoms with Crippen molar-refractivity contribution in [3.05, 3.63) is 101 Å². The van der Waals surface area contributed by atoms with Crippen molar-refractivity contribution in [2.45, 2.75) is 29.7 Å². The normalized spacial score (nSPS) is 27.6. The van der Waals surface area contributed by atoms with Crippen molar-refractivity contribution in [3.8, 4) is 0 Å². The van der Waals surface area contributed by atoms with Crippen molar-refractivity contribution < 1.29 is 9.59 Å². The smallest absolute Gasteiger partial charge is 0.254 e. The third-order valence-corrected chi connectivity index (χ3v) is 9.93. The molecule has 0 aromatic heterocycles. The number of thiocarbonyl (C=S) groups is 1. The summed E-state index contributed by atoms with van der Waals surface area (Å²) in [7, 11) is 3.79. The highest BCUT2D eigenvalue weighted by atomic mass is 32.2. The molecule has 3 unspecified atom stereocenters. The number of likely N-dealkylation sites (tertiary alicyclic amines) is 1. The zero-order chi connectivity index (χ0) is 25.2. The fraction of sp³-hybridized carbons (Fsp3) is 0.276. The standard InChI is InChI=1S/C29H27N3O2S2/c1-19-14-15-24-22(16-19)28(25(33)31(24)3)29(23(18-30(28)2)21-12-8-5-9-13-21)26(34)32(27(35)36-29)17-20-10-6-4-7-11-20/h4-16,23H,17-18H2,1-3H3. The lowest BCUT2D eigenvalue weighted by atomic mass is 9.71. The third kappa shape index (κ3) is 2.91. The zero-order valence-electron chi connectivity index (χ0n) is 20.5. The summed E-state index contributed by atoms with van der Waals surface area (Å²) in [6, 6.07) is 26.1. The number of likely N-dealkylation sites (N-methyl/N-ethyl adjacent to an activating group) is 2. The predicted molar refractivity (Wildman–Crippen MR) is 148 cm³/mol. The van der Waals surface area contributed by atoms with Gasteiger partial charge in [-0.25, -0.2) is 0 Å². The van der Waals surface area contributed by atoms with Gasteiger partial charge in [-0.05, 0) is 31.2 Å². The van der Waals surface area contributed by atoms with Crippen LogP contribution in [0.4, 0.5) is 5.69 Å². The van der Waals surface area contributed by atoms with Crippen molar-refractivity contribution in [1.29, 1.82) is 0 Å². The monoisotopic (exact) mass is 513 g/mol. The first-order valence-electron chi connectivity index (χ1n) is 12.1. The summed E-state index contributed by atoms with van der Waals surface area (Å²) >= 11 is 7.31. The first-order valence-corrected chi connectivity index (χ1v) is 13.3. The molecule has 6 rings (SSSR count). The van der Waals surface area contributed by atoms with Crippen molar-refractivity contribution in [1.82, 2.24) is 9.80 Å². The van der Waals surface area contributed by atoms with Gasteiger partial charge in [-0.15, -0.1) is 0 Å². The quantitative estimate of drug-likeness (QED) is 0.475. The molecule has 3 atom stereocenters. The van der Waals surface area contributed by atoms with Gasteiger partial charge >= 0.3 is 0 Å². The first-order chi connectivity index (χ1) is 17.3. The summed E-state index contributed by atoms with van der Waals surface area (Å²) in [5.74, 6) is -0.381. The lowest BCUT2D eigenvalue weighted by Crippen LogP contribution is -2.62. The minimum atomic E-state index is -1.17. The summed E-state index contributed by atoms with van der Waals surface area (Å²) in [6.45, 7) is 2.99. The Morgan fingerprint density at radius 2 is 1.61 bits per heavy atom. The van der Waals surface area contributed by atoms with Crippen LogP contribution in [0.25, 0.3) is 0 Å². The second kappa shape index (κ2) is 8.26. The lowest BCUT2D eigenvalue weighted by Gasteiger charge is -2.42. The number of rotatable bonds is 3. The molecule has 0 saturated carbocycles. The van der Waals surface area contributed by atoms with E-state index in [-0.39, 0.29) is 17.7 Å². The summed E-state index contributed by atoms with van der Waals surface area (Å²) in [5, 5.41) is 0. The number of hydrogen-bond donors (Lipinski definition) is 0. The van der Waals surface area contributed by atoms with E-state index in [1.54, 1.807) is 9.80 Å². The van der Waals surface area contributed by atoms with E-state index >= 15 is 0 Å². The number of aryl methyl sites for hydroxylation is 1. The van der Waals surface area contributed by atoms with Gasteiger partial charge < -0.3 is 4.90 Å². The van der Waals surface area contributed by atoms with E-state index in [4.69, 9.17) is 12.2 Å². The molecule has 3 aromatic carbocycles. The average Bonchev–Trinajstić information content (AvgIpc) is 3.38. The van der Waals surface area contributed by atoms with E-state index in [1.807, 2.05) is 81.7 Å². The maximum Gasteiger partial charge on any atom is 0.254 e. The zero-order valence-corrected chi connectivity index (χ0v) is 22.1. The van der Waals surface area contributed by atoms with Crippen LogP contribution in [0.5, 0.6) is 0 Å². The van der Waals surface area contributed by atoms with E-state index in [9.17, 15) is 9.59 Å². The summed E-state index contributed by atoms with van der Waals surface area (Å²) < 4.78 is -0.602. The molecular weight excluding hydrogens is 486 g/mol. The van der Waals surface area contributed by atoms with Gasteiger partial charge in [0.1, 0.15) is 9.07 Å². The molecular formula is C29H27N3O2S2. The Hall–Kier alpha value is -3.00. The summed E-state index contributed by atoms with van der Waals surface area (Å²) in [4.78, 5) is 34.8. The molecule has 3 aliphatic rings. The molecule has 3 aliphatic heterocycles. The molecule has 2 amide bonds. The second-order valence-corrected chi connectivity index (χ2v) is 11.8. The first kappa shape index (κ1) is 23.4. The molecule has 2 saturated heterocycles. The van der Waals surface area contributed by atoms with Crippen LogP contribution in [0.15, 0.2) is 78.9 Å². The third-order valence-electron chi connectivity index (χ3n) is 7.99. The Bertz CT molecular complexity index is 1400. The average molecular weight is 514 g/mol. The Labute approximate surface area is 221 Å². The van der Waals surface area contributed by atoms with Crippen molar-refractivity contribution in [2.75, 3.05) is 25.5 Å². The number of thioether (sulfide) groups is 1. The van der Waals surface area contributed by atoms with E-state index in [0.29, 0.717) is 17.4 Å². The molecule has 2 spiro atoms. The molecule has 3 heterocycles. The van der Waals surface area contributed by atoms with Crippen LogP contribution in [0, 0.1) is 6.92 Å². The van der Waals surface area contributed by atoms with E-state index in [2.05, 4.69) is 23.1 Å². The van der Waals surface area contributed by atoms with Crippen LogP contribution in [0.1, 0.15) is 28.2 Å². The van der Waals surface area contributed by atoms with E-state index < -0.39 is 10.3 Å². The molecule has 7 heteroatoms. The van der Waals surface area contributed by atoms with Crippen LogP contribution in [-0.4, -0.2) is 51.3 Å². The van der Waals surface area contributed by atoms with E-state index in [1.165, 1.54) is 11.8 Å². The molecule has 0 aliphatic carbocycles. The van der Waals surface area contributed by atoms with Gasteiger partial charge in [-0.3, -0.25) is 19.4 Å². The highest BCUT2D eigenvalue weighted by Gasteiger charge is 2.78. The topological polar surface area (TPSA) is 43.9 Å². The summed E-state index contributed by atoms with van der Waals surface area (Å²) in [6.07, 6.45) is 0. The van der Waals surface area contributed by atoms with Gasteiger partial charge in [0.15, 0.2) is 5.54 Å². The highest BCUT2D eigenvalue weighted by molar-refractivity contribution is 8.25. The Balaban J connectivity index is 1.60. The lowest BCUT2D eigenvalue weighted by molar-refractivity contribution is -0.139. The molecule has 0 radical (unpaired) electrons. The van der Waals surface area contributed by atoms with Crippen LogP contribution in [0.3, 0.4) is 0 Å². The maximum atomic E-state index is 14.8. The molecule has 182 valence electrons. The van der Waals surface area contributed by atoms with Gasteiger partial charge in [0.25, 0.3) is 5.91 Å². The van der Waals surface area contributed by atoms with Crippen LogP contribution < -0.4 is 4.90 Å². The van der Waals surface area contributed by atoms with Gasteiger partial charge in [0.2, 0.25) is 5.91 Å². The molecule has 3 aromatic rings. The molecule has 0 N–H and O–H groups in total. The number of benzene rings is 3. The van der Waals surface area contributed by atoms with Gasteiger partial charge in [-0.2, -0.15) is 0 Å². The minimum Gasteiger partial charge on any atom is -0.313 e. The predicted octanol–water partition coefficient (Wildman–Crippen LogP) is 4.70. The number of carbonyl (C=O) groups is 2. The largest absolute Gasteiger partial charge is 0.313 e. The fourth-order valence-corrected chi connectivity index (χ4v) is 8.52. The van der Waals surface area contributed by atoms with E-state index in [0.717, 1.165) is 27.9 Å². The number of amides is 2. The Kier molecular flexibility index (Phi) is 5.37. The number of anilines is 1. The van der Waals surface area contributed by atoms with Gasteiger partial charge in [0.05, 0.1) is 6.54 Å². The second-order valence-electron chi connectivity index (χ2n) is 9.92. The van der Waals surface area contributed by atoms with Gasteiger partial charge in [0, 0.05) is 30.8 Å². The van der Waals surface area contributed by atoms with Crippen LogP contribution >= 0.6 is 24.0 Å². The molecule has 5 nitrogen and oxygen atoms in total. The minimum absolute atomic E-state index is 0.0748.